The summed E-state index contributed by atoms with van der Waals surface area (Å²) in [6, 6.07) is 16.2. The largest absolute Gasteiger partial charge is 0.311 e. The van der Waals surface area contributed by atoms with Crippen molar-refractivity contribution in [2.24, 2.45) is 0 Å². The lowest BCUT2D eigenvalue weighted by molar-refractivity contribution is 0.811. The van der Waals surface area contributed by atoms with Gasteiger partial charge >= 0.3 is 0 Å². The zero-order valence-electron chi connectivity index (χ0n) is 12.4. The van der Waals surface area contributed by atoms with E-state index in [0.29, 0.717) is 12.4 Å². The van der Waals surface area contributed by atoms with Crippen LogP contribution in [0.2, 0.25) is 0 Å². The molecule has 0 saturated heterocycles. The lowest BCUT2D eigenvalue weighted by Crippen LogP contribution is -2.03. The molecule has 0 aliphatic carbocycles. The van der Waals surface area contributed by atoms with Crippen molar-refractivity contribution >= 4 is 44.3 Å². The number of thiazole rings is 1. The smallest absolute Gasteiger partial charge is 0.214 e. The summed E-state index contributed by atoms with van der Waals surface area (Å²) in [5.74, 6) is 0.434. The van der Waals surface area contributed by atoms with Gasteiger partial charge in [-0.25, -0.2) is 9.97 Å². The van der Waals surface area contributed by atoms with E-state index >= 15 is 0 Å². The third-order valence-corrected chi connectivity index (χ3v) is 5.75. The Kier molecular flexibility index (Phi) is 3.52. The van der Waals surface area contributed by atoms with Crippen molar-refractivity contribution in [2.75, 3.05) is 6.26 Å². The summed E-state index contributed by atoms with van der Waals surface area (Å²) in [6.45, 7) is 0.596. The number of thioether (sulfide) groups is 1. The predicted molar refractivity (Wildman–Crippen MR) is 95.0 cm³/mol. The van der Waals surface area contributed by atoms with E-state index in [0.717, 1.165) is 26.5 Å². The Morgan fingerprint density at radius 2 is 2.04 bits per heavy atom. The van der Waals surface area contributed by atoms with Crippen molar-refractivity contribution in [2.45, 2.75) is 10.9 Å². The molecule has 0 saturated carbocycles. The first-order valence-electron chi connectivity index (χ1n) is 7.08. The molecule has 6 heteroatoms. The van der Waals surface area contributed by atoms with E-state index < -0.39 is 0 Å². The van der Waals surface area contributed by atoms with E-state index in [2.05, 4.69) is 23.2 Å². The highest BCUT2D eigenvalue weighted by atomic mass is 32.2. The van der Waals surface area contributed by atoms with E-state index in [1.807, 2.05) is 41.2 Å². The first kappa shape index (κ1) is 14.2. The van der Waals surface area contributed by atoms with Gasteiger partial charge in [-0.1, -0.05) is 36.0 Å². The minimum atomic E-state index is 0.434. The highest BCUT2D eigenvalue weighted by Crippen LogP contribution is 2.31. The summed E-state index contributed by atoms with van der Waals surface area (Å²) >= 11 is 3.36. The second-order valence-electron chi connectivity index (χ2n) is 5.07. The van der Waals surface area contributed by atoms with Crippen LogP contribution in [0.25, 0.3) is 21.3 Å². The molecule has 0 atom stereocenters. The fourth-order valence-electron chi connectivity index (χ4n) is 2.69. The van der Waals surface area contributed by atoms with Crippen LogP contribution < -0.4 is 0 Å². The Morgan fingerprint density at radius 1 is 1.17 bits per heavy atom. The maximum absolute atomic E-state index is 9.40. The van der Waals surface area contributed by atoms with E-state index in [-0.39, 0.29) is 0 Å². The number of benzene rings is 2. The van der Waals surface area contributed by atoms with Crippen LogP contribution in [0.15, 0.2) is 46.8 Å². The van der Waals surface area contributed by atoms with E-state index in [1.165, 1.54) is 4.70 Å². The zero-order valence-corrected chi connectivity index (χ0v) is 14.0. The molecule has 4 aromatic rings. The van der Waals surface area contributed by atoms with E-state index in [1.54, 1.807) is 23.1 Å². The molecule has 0 amide bonds. The van der Waals surface area contributed by atoms with Gasteiger partial charge in [0.15, 0.2) is 4.34 Å². The van der Waals surface area contributed by atoms with Crippen LogP contribution in [0.3, 0.4) is 0 Å². The van der Waals surface area contributed by atoms with Crippen molar-refractivity contribution in [3.63, 3.8) is 0 Å². The lowest BCUT2D eigenvalue weighted by atomic mass is 10.2. The van der Waals surface area contributed by atoms with Crippen LogP contribution in [0.1, 0.15) is 11.4 Å². The van der Waals surface area contributed by atoms with Crippen LogP contribution in [0, 0.1) is 11.3 Å². The third kappa shape index (κ3) is 2.38. The zero-order chi connectivity index (χ0) is 15.8. The minimum absolute atomic E-state index is 0.434. The van der Waals surface area contributed by atoms with Gasteiger partial charge in [-0.05, 0) is 30.0 Å². The number of para-hydroxylation sites is 3. The van der Waals surface area contributed by atoms with Gasteiger partial charge in [0.05, 0.1) is 27.8 Å². The molecule has 0 fully saturated rings. The molecule has 0 aliphatic heterocycles. The van der Waals surface area contributed by atoms with Crippen molar-refractivity contribution in [3.05, 3.63) is 53.9 Å². The maximum atomic E-state index is 9.40. The SMILES string of the molecule is CSc1nc2c(Cn3c(C#N)nc4ccccc43)cccc2s1. The number of hydrogen-bond donors (Lipinski definition) is 0. The maximum Gasteiger partial charge on any atom is 0.214 e. The number of nitrogens with zero attached hydrogens (tertiary/aromatic N) is 4. The van der Waals surface area contributed by atoms with Crippen molar-refractivity contribution < 1.29 is 0 Å². The van der Waals surface area contributed by atoms with Gasteiger partial charge in [0.2, 0.25) is 5.82 Å². The average molecular weight is 336 g/mol. The summed E-state index contributed by atoms with van der Waals surface area (Å²) in [5, 5.41) is 9.40. The predicted octanol–water partition coefficient (Wildman–Crippen LogP) is 4.29. The Hall–Kier alpha value is -2.36. The Balaban J connectivity index is 1.88. The fourth-order valence-corrected chi connectivity index (χ4v) is 4.22. The highest BCUT2D eigenvalue weighted by Gasteiger charge is 2.13. The van der Waals surface area contributed by atoms with Crippen LogP contribution in [0.4, 0.5) is 0 Å². The molecule has 4 nitrogen and oxygen atoms in total. The minimum Gasteiger partial charge on any atom is -0.311 e. The lowest BCUT2D eigenvalue weighted by Gasteiger charge is -2.06. The highest BCUT2D eigenvalue weighted by molar-refractivity contribution is 8.00. The molecule has 4 rings (SSSR count). The number of imidazole rings is 1. The molecule has 112 valence electrons. The monoisotopic (exact) mass is 336 g/mol. The normalized spacial score (nSPS) is 11.1. The number of nitriles is 1. The van der Waals surface area contributed by atoms with Gasteiger partial charge in [0, 0.05) is 0 Å². The first-order chi connectivity index (χ1) is 11.3. The van der Waals surface area contributed by atoms with Gasteiger partial charge < -0.3 is 4.57 Å². The van der Waals surface area contributed by atoms with Gasteiger partial charge in [0.25, 0.3) is 0 Å². The van der Waals surface area contributed by atoms with E-state index in [4.69, 9.17) is 4.98 Å². The van der Waals surface area contributed by atoms with Crippen LogP contribution in [-0.2, 0) is 6.54 Å². The summed E-state index contributed by atoms with van der Waals surface area (Å²) in [4.78, 5) is 9.12. The van der Waals surface area contributed by atoms with Crippen molar-refractivity contribution in [3.8, 4) is 6.07 Å². The molecule has 2 aromatic carbocycles. The first-order valence-corrected chi connectivity index (χ1v) is 9.12. The number of rotatable bonds is 3. The topological polar surface area (TPSA) is 54.5 Å². The fraction of sp³-hybridized carbons (Fsp3) is 0.118. The second kappa shape index (κ2) is 5.69. The summed E-state index contributed by atoms with van der Waals surface area (Å²) in [7, 11) is 0. The molecule has 0 N–H and O–H groups in total. The van der Waals surface area contributed by atoms with Crippen molar-refractivity contribution in [1.82, 2.24) is 14.5 Å². The molecular weight excluding hydrogens is 324 g/mol. The number of hydrogen-bond acceptors (Lipinski definition) is 5. The molecule has 0 spiro atoms. The molecule has 23 heavy (non-hydrogen) atoms. The Bertz CT molecular complexity index is 1060. The molecule has 0 unspecified atom stereocenters. The van der Waals surface area contributed by atoms with Gasteiger partial charge in [0.1, 0.15) is 6.07 Å². The molecule has 0 radical (unpaired) electrons. The van der Waals surface area contributed by atoms with Gasteiger partial charge in [-0.3, -0.25) is 0 Å². The van der Waals surface area contributed by atoms with Crippen LogP contribution in [0.5, 0.6) is 0 Å². The van der Waals surface area contributed by atoms with Crippen LogP contribution in [-0.4, -0.2) is 20.8 Å². The second-order valence-corrected chi connectivity index (χ2v) is 7.15. The van der Waals surface area contributed by atoms with Crippen LogP contribution >= 0.6 is 23.1 Å². The Labute approximate surface area is 141 Å². The number of aromatic nitrogens is 3. The van der Waals surface area contributed by atoms with E-state index in [9.17, 15) is 5.26 Å². The third-order valence-electron chi connectivity index (χ3n) is 3.74. The molecule has 2 aromatic heterocycles. The summed E-state index contributed by atoms with van der Waals surface area (Å²) < 4.78 is 4.19. The average Bonchev–Trinajstić information content (AvgIpc) is 3.16. The molecule has 0 bridgehead atoms. The molecule has 2 heterocycles. The summed E-state index contributed by atoms with van der Waals surface area (Å²) in [5.41, 5.74) is 3.95. The van der Waals surface area contributed by atoms with Gasteiger partial charge in [-0.2, -0.15) is 5.26 Å². The molecular formula is C17H12N4S2. The van der Waals surface area contributed by atoms with Crippen molar-refractivity contribution in [1.29, 1.82) is 5.26 Å². The Morgan fingerprint density at radius 3 is 2.87 bits per heavy atom. The summed E-state index contributed by atoms with van der Waals surface area (Å²) in [6.07, 6.45) is 2.04. The van der Waals surface area contributed by atoms with Gasteiger partial charge in [-0.15, -0.1) is 11.3 Å². The standard InChI is InChI=1S/C17H12N4S2/c1-22-17-20-16-11(5-4-8-14(16)23-17)10-21-13-7-3-2-6-12(13)19-15(21)9-18/h2-8H,10H2,1H3. The molecule has 0 aliphatic rings. The number of fused-ring (bicyclic) bond motifs is 2. The quantitative estimate of drug-likeness (QED) is 0.524.